The number of carbonyl (C=O) groups excluding carboxylic acids is 1. The topological polar surface area (TPSA) is 81.4 Å². The van der Waals surface area contributed by atoms with E-state index in [1.54, 1.807) is 17.7 Å². The Labute approximate surface area is 116 Å². The van der Waals surface area contributed by atoms with Gasteiger partial charge in [0.05, 0.1) is 12.4 Å². The number of aromatic nitrogens is 2. The van der Waals surface area contributed by atoms with Gasteiger partial charge < -0.3 is 14.4 Å². The molecule has 1 heterocycles. The Balaban J connectivity index is 2.91. The van der Waals surface area contributed by atoms with Gasteiger partial charge in [0.1, 0.15) is 6.54 Å². The van der Waals surface area contributed by atoms with E-state index in [-0.39, 0.29) is 24.2 Å². The lowest BCUT2D eigenvalue weighted by Crippen LogP contribution is -2.17. The molecule has 1 N–H and O–H groups in total. The van der Waals surface area contributed by atoms with E-state index in [9.17, 15) is 9.59 Å². The number of aliphatic carboxylic acids is 1. The van der Waals surface area contributed by atoms with Gasteiger partial charge in [-0.2, -0.15) is 0 Å². The molecule has 0 aliphatic carbocycles. The van der Waals surface area contributed by atoms with E-state index in [0.29, 0.717) is 11.8 Å². The average Bonchev–Trinajstić information content (AvgIpc) is 2.69. The number of thioether (sulfide) groups is 1. The smallest absolute Gasteiger partial charge is 0.326 e. The molecule has 0 fully saturated rings. The number of hydrogen-bond donors (Lipinski definition) is 1. The van der Waals surface area contributed by atoms with Crippen LogP contribution in [0.1, 0.15) is 32.4 Å². The summed E-state index contributed by atoms with van der Waals surface area (Å²) in [6.07, 6.45) is 1.67. The van der Waals surface area contributed by atoms with E-state index in [1.165, 1.54) is 0 Å². The maximum absolute atomic E-state index is 11.6. The Morgan fingerprint density at radius 1 is 1.53 bits per heavy atom. The second-order valence-electron chi connectivity index (χ2n) is 4.19. The molecule has 0 bridgehead atoms. The number of nitrogens with zero attached hydrogens (tertiary/aromatic N) is 2. The molecular formula is C12H18N2O4S. The first-order valence-corrected chi connectivity index (χ1v) is 6.99. The summed E-state index contributed by atoms with van der Waals surface area (Å²) >= 11 is 1.10. The Kier molecular flexibility index (Phi) is 5.88. The molecule has 1 rings (SSSR count). The van der Waals surface area contributed by atoms with Crippen molar-refractivity contribution in [2.24, 2.45) is 0 Å². The van der Waals surface area contributed by atoms with Crippen LogP contribution < -0.4 is 0 Å². The summed E-state index contributed by atoms with van der Waals surface area (Å²) in [5.41, 5.74) is 0.890. The minimum absolute atomic E-state index is 0.0588. The molecule has 0 radical (unpaired) electrons. The van der Waals surface area contributed by atoms with Crippen LogP contribution in [0, 0.1) is 0 Å². The summed E-state index contributed by atoms with van der Waals surface area (Å²) < 4.78 is 6.64. The van der Waals surface area contributed by atoms with Crippen LogP contribution in [0.3, 0.4) is 0 Å². The van der Waals surface area contributed by atoms with Gasteiger partial charge in [-0.3, -0.25) is 9.59 Å². The maximum atomic E-state index is 11.6. The fourth-order valence-corrected chi connectivity index (χ4v) is 2.27. The quantitative estimate of drug-likeness (QED) is 0.607. The Bertz CT molecular complexity index is 457. The number of carboxylic acid groups (broad SMARTS) is 1. The van der Waals surface area contributed by atoms with Crippen molar-refractivity contribution in [3.8, 4) is 0 Å². The molecule has 7 heteroatoms. The molecular weight excluding hydrogens is 268 g/mol. The lowest BCUT2D eigenvalue weighted by Gasteiger charge is -2.12. The number of esters is 1. The van der Waals surface area contributed by atoms with Crippen molar-refractivity contribution in [3.05, 3.63) is 11.9 Å². The fraction of sp³-hybridized carbons (Fsp3) is 0.583. The van der Waals surface area contributed by atoms with Gasteiger partial charge in [0.25, 0.3) is 0 Å². The zero-order valence-corrected chi connectivity index (χ0v) is 12.1. The summed E-state index contributed by atoms with van der Waals surface area (Å²) in [6.45, 7) is 6.11. The molecule has 0 atom stereocenters. The molecule has 0 aliphatic heterocycles. The lowest BCUT2D eigenvalue weighted by molar-refractivity contribution is -0.144. The van der Waals surface area contributed by atoms with Gasteiger partial charge in [-0.05, 0) is 12.8 Å². The number of carbonyl (C=O) groups is 2. The van der Waals surface area contributed by atoms with Crippen LogP contribution in [-0.4, -0.2) is 39.0 Å². The number of rotatable bonds is 7. The number of imidazole rings is 1. The van der Waals surface area contributed by atoms with Crippen molar-refractivity contribution >= 4 is 23.7 Å². The maximum Gasteiger partial charge on any atom is 0.326 e. The highest BCUT2D eigenvalue weighted by Gasteiger charge is 2.17. The van der Waals surface area contributed by atoms with Gasteiger partial charge in [0, 0.05) is 11.9 Å². The first-order valence-electron chi connectivity index (χ1n) is 6.01. The monoisotopic (exact) mass is 286 g/mol. The minimum Gasteiger partial charge on any atom is -0.481 e. The second kappa shape index (κ2) is 7.18. The van der Waals surface area contributed by atoms with E-state index >= 15 is 0 Å². The van der Waals surface area contributed by atoms with Crippen LogP contribution in [0.4, 0.5) is 0 Å². The zero-order valence-electron chi connectivity index (χ0n) is 11.3. The lowest BCUT2D eigenvalue weighted by atomic mass is 10.1. The van der Waals surface area contributed by atoms with E-state index in [2.05, 4.69) is 4.98 Å². The van der Waals surface area contributed by atoms with Gasteiger partial charge in [-0.1, -0.05) is 25.6 Å². The largest absolute Gasteiger partial charge is 0.481 e. The van der Waals surface area contributed by atoms with Gasteiger partial charge in [-0.25, -0.2) is 4.98 Å². The van der Waals surface area contributed by atoms with E-state index < -0.39 is 5.97 Å². The van der Waals surface area contributed by atoms with Gasteiger partial charge in [-0.15, -0.1) is 0 Å². The van der Waals surface area contributed by atoms with E-state index in [4.69, 9.17) is 9.84 Å². The molecule has 0 aliphatic rings. The SMILES string of the molecule is CCOC(=O)Cn1c(C(C)C)cnc1SCC(=O)O. The molecule has 0 saturated carbocycles. The summed E-state index contributed by atoms with van der Waals surface area (Å²) in [4.78, 5) is 26.4. The number of ether oxygens (including phenoxy) is 1. The molecule has 106 valence electrons. The Hall–Kier alpha value is -1.50. The fourth-order valence-electron chi connectivity index (χ4n) is 1.57. The summed E-state index contributed by atoms with van der Waals surface area (Å²) in [5.74, 6) is -1.15. The van der Waals surface area contributed by atoms with Crippen LogP contribution in [-0.2, 0) is 20.9 Å². The first-order chi connectivity index (χ1) is 8.95. The summed E-state index contributed by atoms with van der Waals surface area (Å²) in [7, 11) is 0. The normalized spacial score (nSPS) is 10.7. The zero-order chi connectivity index (χ0) is 14.4. The van der Waals surface area contributed by atoms with Crippen molar-refractivity contribution in [3.63, 3.8) is 0 Å². The predicted octanol–water partition coefficient (Wildman–Crippen LogP) is 1.75. The molecule has 0 amide bonds. The van der Waals surface area contributed by atoms with Gasteiger partial charge in [0.15, 0.2) is 5.16 Å². The third-order valence-electron chi connectivity index (χ3n) is 2.36. The van der Waals surface area contributed by atoms with Crippen molar-refractivity contribution in [2.45, 2.75) is 38.4 Å². The third-order valence-corrected chi connectivity index (χ3v) is 3.33. The molecule has 19 heavy (non-hydrogen) atoms. The highest BCUT2D eigenvalue weighted by molar-refractivity contribution is 7.99. The number of carboxylic acids is 1. The second-order valence-corrected chi connectivity index (χ2v) is 5.14. The van der Waals surface area contributed by atoms with E-state index in [0.717, 1.165) is 17.5 Å². The van der Waals surface area contributed by atoms with Crippen LogP contribution in [0.25, 0.3) is 0 Å². The molecule has 0 unspecified atom stereocenters. The van der Waals surface area contributed by atoms with Crippen molar-refractivity contribution in [1.82, 2.24) is 9.55 Å². The molecule has 0 aromatic carbocycles. The standard InChI is InChI=1S/C12H18N2O4S/c1-4-18-11(17)6-14-9(8(2)3)5-13-12(14)19-7-10(15)16/h5,8H,4,6-7H2,1-3H3,(H,15,16). The highest BCUT2D eigenvalue weighted by Crippen LogP contribution is 2.23. The Morgan fingerprint density at radius 2 is 2.21 bits per heavy atom. The van der Waals surface area contributed by atoms with Crippen molar-refractivity contribution < 1.29 is 19.4 Å². The van der Waals surface area contributed by atoms with Crippen molar-refractivity contribution in [1.29, 1.82) is 0 Å². The molecule has 1 aromatic rings. The molecule has 0 spiro atoms. The van der Waals surface area contributed by atoms with E-state index in [1.807, 2.05) is 13.8 Å². The van der Waals surface area contributed by atoms with Crippen molar-refractivity contribution in [2.75, 3.05) is 12.4 Å². The van der Waals surface area contributed by atoms with Crippen LogP contribution in [0.5, 0.6) is 0 Å². The molecule has 6 nitrogen and oxygen atoms in total. The predicted molar refractivity (Wildman–Crippen MR) is 71.3 cm³/mol. The summed E-state index contributed by atoms with van der Waals surface area (Å²) in [5, 5.41) is 9.23. The van der Waals surface area contributed by atoms with Crippen LogP contribution in [0.15, 0.2) is 11.4 Å². The highest BCUT2D eigenvalue weighted by atomic mass is 32.2. The molecule has 0 saturated heterocycles. The van der Waals surface area contributed by atoms with Gasteiger partial charge in [0.2, 0.25) is 0 Å². The van der Waals surface area contributed by atoms with Gasteiger partial charge >= 0.3 is 11.9 Å². The van der Waals surface area contributed by atoms with Crippen LogP contribution in [0.2, 0.25) is 0 Å². The minimum atomic E-state index is -0.915. The summed E-state index contributed by atoms with van der Waals surface area (Å²) in [6, 6.07) is 0. The van der Waals surface area contributed by atoms with Crippen LogP contribution >= 0.6 is 11.8 Å². The third kappa shape index (κ3) is 4.59. The number of hydrogen-bond acceptors (Lipinski definition) is 5. The molecule has 1 aromatic heterocycles. The Morgan fingerprint density at radius 3 is 2.74 bits per heavy atom. The average molecular weight is 286 g/mol. The first kappa shape index (κ1) is 15.6.